The van der Waals surface area contributed by atoms with E-state index in [0.29, 0.717) is 17.5 Å². The minimum Gasteiger partial charge on any atom is -0.356 e. The zero-order chi connectivity index (χ0) is 13.9. The Balaban J connectivity index is 1.60. The van der Waals surface area contributed by atoms with Gasteiger partial charge in [0.2, 0.25) is 5.91 Å². The Kier molecular flexibility index (Phi) is 3.55. The summed E-state index contributed by atoms with van der Waals surface area (Å²) in [6, 6.07) is 6.19. The van der Waals surface area contributed by atoms with Crippen LogP contribution in [0.3, 0.4) is 0 Å². The van der Waals surface area contributed by atoms with Gasteiger partial charge in [-0.15, -0.1) is 0 Å². The number of anilines is 1. The molecule has 2 aliphatic rings. The second-order valence-electron chi connectivity index (χ2n) is 5.43. The van der Waals surface area contributed by atoms with Gasteiger partial charge in [0.1, 0.15) is 11.9 Å². The van der Waals surface area contributed by atoms with Crippen LogP contribution in [0.15, 0.2) is 18.3 Å². The molecule has 5 nitrogen and oxygen atoms in total. The number of rotatable bonds is 2. The number of hydrogen-bond acceptors (Lipinski definition) is 4. The van der Waals surface area contributed by atoms with Crippen LogP contribution in [0, 0.1) is 11.3 Å². The lowest BCUT2D eigenvalue weighted by atomic mass is 10.0. The summed E-state index contributed by atoms with van der Waals surface area (Å²) < 4.78 is 0. The minimum absolute atomic E-state index is 0.319. The van der Waals surface area contributed by atoms with Crippen LogP contribution in [-0.2, 0) is 4.79 Å². The first-order valence-electron chi connectivity index (χ1n) is 7.18. The Bertz CT molecular complexity index is 526. The van der Waals surface area contributed by atoms with Crippen LogP contribution in [0.4, 0.5) is 5.82 Å². The third kappa shape index (κ3) is 2.46. The Hall–Kier alpha value is -2.09. The van der Waals surface area contributed by atoms with Crippen LogP contribution in [0.1, 0.15) is 31.2 Å². The first-order valence-corrected chi connectivity index (χ1v) is 7.18. The standard InChI is InChI=1S/C15H18N4O/c16-10-12-3-4-14(17-11-12)18-8-5-13(6-9-18)19-7-1-2-15(19)20/h3-4,11,13H,1-2,5-9H2. The fourth-order valence-electron chi connectivity index (χ4n) is 3.10. The third-order valence-electron chi connectivity index (χ3n) is 4.22. The normalized spacial score (nSPS) is 20.2. The molecule has 2 aliphatic heterocycles. The van der Waals surface area contributed by atoms with Gasteiger partial charge in [0.25, 0.3) is 0 Å². The summed E-state index contributed by atoms with van der Waals surface area (Å²) in [7, 11) is 0. The number of carbonyl (C=O) groups is 1. The summed E-state index contributed by atoms with van der Waals surface area (Å²) in [6.45, 7) is 2.78. The SMILES string of the molecule is N#Cc1ccc(N2CCC(N3CCCC3=O)CC2)nc1. The number of nitriles is 1. The van der Waals surface area contributed by atoms with Crippen molar-refractivity contribution in [3.05, 3.63) is 23.9 Å². The fraction of sp³-hybridized carbons (Fsp3) is 0.533. The van der Waals surface area contributed by atoms with Gasteiger partial charge >= 0.3 is 0 Å². The highest BCUT2D eigenvalue weighted by Gasteiger charge is 2.30. The largest absolute Gasteiger partial charge is 0.356 e. The molecule has 0 unspecified atom stereocenters. The lowest BCUT2D eigenvalue weighted by Gasteiger charge is -2.37. The Morgan fingerprint density at radius 2 is 2.05 bits per heavy atom. The van der Waals surface area contributed by atoms with E-state index in [1.807, 2.05) is 6.07 Å². The van der Waals surface area contributed by atoms with Crippen LogP contribution < -0.4 is 4.90 Å². The van der Waals surface area contributed by atoms with Gasteiger partial charge < -0.3 is 9.80 Å². The average Bonchev–Trinajstić information content (AvgIpc) is 2.94. The van der Waals surface area contributed by atoms with Gasteiger partial charge in [0.05, 0.1) is 5.56 Å². The average molecular weight is 270 g/mol. The minimum atomic E-state index is 0.319. The molecule has 0 bridgehead atoms. The highest BCUT2D eigenvalue weighted by atomic mass is 16.2. The van der Waals surface area contributed by atoms with Crippen molar-refractivity contribution in [2.45, 2.75) is 31.7 Å². The molecule has 3 heterocycles. The summed E-state index contributed by atoms with van der Waals surface area (Å²) in [5.74, 6) is 1.25. The van der Waals surface area contributed by atoms with E-state index in [9.17, 15) is 4.79 Å². The maximum absolute atomic E-state index is 11.8. The fourth-order valence-corrected chi connectivity index (χ4v) is 3.10. The van der Waals surface area contributed by atoms with Gasteiger partial charge in [0, 0.05) is 38.3 Å². The zero-order valence-electron chi connectivity index (χ0n) is 11.5. The molecule has 1 amide bonds. The van der Waals surface area contributed by atoms with Crippen LogP contribution in [-0.4, -0.2) is 41.5 Å². The van der Waals surface area contributed by atoms with E-state index < -0.39 is 0 Å². The number of pyridine rings is 1. The molecule has 0 spiro atoms. The number of hydrogen-bond donors (Lipinski definition) is 0. The molecule has 1 aromatic heterocycles. The maximum atomic E-state index is 11.8. The second-order valence-corrected chi connectivity index (χ2v) is 5.43. The molecule has 104 valence electrons. The summed E-state index contributed by atoms with van der Waals surface area (Å²) in [5, 5.41) is 8.78. The van der Waals surface area contributed by atoms with E-state index in [0.717, 1.165) is 51.1 Å². The van der Waals surface area contributed by atoms with E-state index in [-0.39, 0.29) is 0 Å². The van der Waals surface area contributed by atoms with Crippen molar-refractivity contribution in [3.63, 3.8) is 0 Å². The third-order valence-corrected chi connectivity index (χ3v) is 4.22. The van der Waals surface area contributed by atoms with Gasteiger partial charge in [-0.05, 0) is 31.4 Å². The quantitative estimate of drug-likeness (QED) is 0.818. The van der Waals surface area contributed by atoms with E-state index in [4.69, 9.17) is 5.26 Å². The van der Waals surface area contributed by atoms with Gasteiger partial charge in [-0.3, -0.25) is 4.79 Å². The predicted molar refractivity (Wildman–Crippen MR) is 75.1 cm³/mol. The van der Waals surface area contributed by atoms with Crippen molar-refractivity contribution in [2.24, 2.45) is 0 Å². The number of piperidine rings is 1. The molecule has 0 atom stereocenters. The molecule has 3 rings (SSSR count). The van der Waals surface area contributed by atoms with Gasteiger partial charge in [0.15, 0.2) is 0 Å². The first kappa shape index (κ1) is 12.9. The van der Waals surface area contributed by atoms with Crippen molar-refractivity contribution in [1.82, 2.24) is 9.88 Å². The van der Waals surface area contributed by atoms with Crippen molar-refractivity contribution in [1.29, 1.82) is 5.26 Å². The summed E-state index contributed by atoms with van der Waals surface area (Å²) in [6.07, 6.45) is 5.36. The molecule has 0 radical (unpaired) electrons. The van der Waals surface area contributed by atoms with Gasteiger partial charge in [-0.2, -0.15) is 5.26 Å². The predicted octanol–water partition coefficient (Wildman–Crippen LogP) is 1.54. The Morgan fingerprint density at radius 3 is 2.60 bits per heavy atom. The van der Waals surface area contributed by atoms with Crippen molar-refractivity contribution in [2.75, 3.05) is 24.5 Å². The van der Waals surface area contributed by atoms with Crippen LogP contribution >= 0.6 is 0 Å². The van der Waals surface area contributed by atoms with E-state index in [1.54, 1.807) is 12.3 Å². The summed E-state index contributed by atoms with van der Waals surface area (Å²) in [5.41, 5.74) is 0.589. The zero-order valence-corrected chi connectivity index (χ0v) is 11.5. The van der Waals surface area contributed by atoms with E-state index in [1.165, 1.54) is 0 Å². The monoisotopic (exact) mass is 270 g/mol. The van der Waals surface area contributed by atoms with Gasteiger partial charge in [-0.25, -0.2) is 4.98 Å². The smallest absolute Gasteiger partial charge is 0.222 e. The lowest BCUT2D eigenvalue weighted by Crippen LogP contribution is -2.45. The number of likely N-dealkylation sites (tertiary alicyclic amines) is 1. The number of nitrogens with zero attached hydrogens (tertiary/aromatic N) is 4. The Labute approximate surface area is 118 Å². The van der Waals surface area contributed by atoms with Crippen molar-refractivity contribution >= 4 is 11.7 Å². The molecular weight excluding hydrogens is 252 g/mol. The maximum Gasteiger partial charge on any atom is 0.222 e. The van der Waals surface area contributed by atoms with Crippen molar-refractivity contribution in [3.8, 4) is 6.07 Å². The number of amides is 1. The highest BCUT2D eigenvalue weighted by Crippen LogP contribution is 2.24. The molecule has 2 saturated heterocycles. The lowest BCUT2D eigenvalue weighted by molar-refractivity contribution is -0.130. The summed E-state index contributed by atoms with van der Waals surface area (Å²) >= 11 is 0. The molecule has 20 heavy (non-hydrogen) atoms. The first-order chi connectivity index (χ1) is 9.78. The summed E-state index contributed by atoms with van der Waals surface area (Å²) in [4.78, 5) is 20.4. The molecule has 0 N–H and O–H groups in total. The molecule has 0 saturated carbocycles. The molecule has 2 fully saturated rings. The Morgan fingerprint density at radius 1 is 1.25 bits per heavy atom. The van der Waals surface area contributed by atoms with Gasteiger partial charge in [-0.1, -0.05) is 0 Å². The highest BCUT2D eigenvalue weighted by molar-refractivity contribution is 5.78. The van der Waals surface area contributed by atoms with Crippen LogP contribution in [0.2, 0.25) is 0 Å². The topological polar surface area (TPSA) is 60.2 Å². The van der Waals surface area contributed by atoms with Crippen molar-refractivity contribution < 1.29 is 4.79 Å². The van der Waals surface area contributed by atoms with Crippen LogP contribution in [0.5, 0.6) is 0 Å². The van der Waals surface area contributed by atoms with Crippen LogP contribution in [0.25, 0.3) is 0 Å². The molecule has 5 heteroatoms. The second kappa shape index (κ2) is 5.49. The van der Waals surface area contributed by atoms with E-state index >= 15 is 0 Å². The number of carbonyl (C=O) groups excluding carboxylic acids is 1. The molecule has 1 aromatic rings. The molecule has 0 aliphatic carbocycles. The van der Waals surface area contributed by atoms with E-state index in [2.05, 4.69) is 20.9 Å². The molecular formula is C15H18N4O. The number of aromatic nitrogens is 1. The molecule has 0 aromatic carbocycles.